The van der Waals surface area contributed by atoms with Crippen LogP contribution in [0.1, 0.15) is 0 Å². The van der Waals surface area contributed by atoms with Gasteiger partial charge in [0.15, 0.2) is 5.82 Å². The van der Waals surface area contributed by atoms with E-state index in [1.54, 1.807) is 12.1 Å². The van der Waals surface area contributed by atoms with Crippen molar-refractivity contribution < 1.29 is 4.92 Å². The Kier molecular flexibility index (Phi) is 2.42. The zero-order valence-corrected chi connectivity index (χ0v) is 8.07. The molecular weight excluding hydrogens is 210 g/mol. The molecule has 0 unspecified atom stereocenters. The summed E-state index contributed by atoms with van der Waals surface area (Å²) >= 11 is 0. The van der Waals surface area contributed by atoms with E-state index in [0.29, 0.717) is 11.4 Å². The van der Waals surface area contributed by atoms with E-state index in [1.165, 1.54) is 18.5 Å². The lowest BCUT2D eigenvalue weighted by Crippen LogP contribution is -1.98. The van der Waals surface area contributed by atoms with Crippen LogP contribution in [0.5, 0.6) is 0 Å². The fourth-order valence-corrected chi connectivity index (χ4v) is 1.21. The molecule has 7 heteroatoms. The fraction of sp³-hybridized carbons (Fsp3) is 0. The van der Waals surface area contributed by atoms with Crippen molar-refractivity contribution in [2.45, 2.75) is 0 Å². The number of hydrogen-bond acceptors (Lipinski definition) is 6. The molecule has 2 rings (SSSR count). The first-order valence-corrected chi connectivity index (χ1v) is 4.36. The average Bonchev–Trinajstić information content (AvgIpc) is 2.29. The second-order valence-electron chi connectivity index (χ2n) is 2.97. The van der Waals surface area contributed by atoms with Gasteiger partial charge in [-0.1, -0.05) is 12.1 Å². The predicted octanol–water partition coefficient (Wildman–Crippen LogP) is 1.03. The number of nitrogen functional groups attached to an aromatic ring is 1. The highest BCUT2D eigenvalue weighted by Gasteiger charge is 2.08. The van der Waals surface area contributed by atoms with Crippen molar-refractivity contribution >= 4 is 11.6 Å². The molecule has 0 aliphatic carbocycles. The van der Waals surface area contributed by atoms with Crippen molar-refractivity contribution in [1.29, 1.82) is 0 Å². The van der Waals surface area contributed by atoms with Crippen LogP contribution in [-0.2, 0) is 0 Å². The normalized spacial score (nSPS) is 10.0. The van der Waals surface area contributed by atoms with Gasteiger partial charge >= 0.3 is 0 Å². The molecule has 0 amide bonds. The number of nitro groups is 1. The van der Waals surface area contributed by atoms with E-state index in [9.17, 15) is 10.1 Å². The zero-order valence-electron chi connectivity index (χ0n) is 8.07. The van der Waals surface area contributed by atoms with E-state index >= 15 is 0 Å². The molecule has 1 aromatic carbocycles. The van der Waals surface area contributed by atoms with E-state index in [2.05, 4.69) is 15.0 Å². The van der Waals surface area contributed by atoms with E-state index in [4.69, 9.17) is 5.73 Å². The molecule has 1 aromatic heterocycles. The second-order valence-corrected chi connectivity index (χ2v) is 2.97. The first kappa shape index (κ1) is 9.97. The predicted molar refractivity (Wildman–Crippen MR) is 56.3 cm³/mol. The summed E-state index contributed by atoms with van der Waals surface area (Å²) in [6.07, 6.45) is 1.26. The number of non-ortho nitro benzene ring substituents is 1. The summed E-state index contributed by atoms with van der Waals surface area (Å²) in [5.74, 6) is 0.396. The highest BCUT2D eigenvalue weighted by molar-refractivity contribution is 5.59. The van der Waals surface area contributed by atoms with Crippen molar-refractivity contribution in [3.05, 3.63) is 40.7 Å². The third-order valence-corrected chi connectivity index (χ3v) is 1.91. The van der Waals surface area contributed by atoms with Crippen LogP contribution in [0.4, 0.5) is 11.6 Å². The first-order valence-electron chi connectivity index (χ1n) is 4.36. The highest BCUT2D eigenvalue weighted by Crippen LogP contribution is 2.20. The largest absolute Gasteiger partial charge is 0.368 e. The maximum Gasteiger partial charge on any atom is 0.270 e. The van der Waals surface area contributed by atoms with E-state index in [-0.39, 0.29) is 11.6 Å². The molecule has 1 heterocycles. The monoisotopic (exact) mass is 217 g/mol. The molecule has 0 radical (unpaired) electrons. The summed E-state index contributed by atoms with van der Waals surface area (Å²) in [6.45, 7) is 0. The summed E-state index contributed by atoms with van der Waals surface area (Å²) in [6, 6.07) is 6.01. The Hall–Kier alpha value is -2.57. The van der Waals surface area contributed by atoms with Gasteiger partial charge in [-0.3, -0.25) is 10.1 Å². The molecule has 0 aliphatic heterocycles. The van der Waals surface area contributed by atoms with Crippen molar-refractivity contribution in [3.8, 4) is 11.4 Å². The van der Waals surface area contributed by atoms with Gasteiger partial charge in [-0.2, -0.15) is 4.98 Å². The Bertz CT molecular complexity index is 543. The van der Waals surface area contributed by atoms with Crippen LogP contribution in [0.15, 0.2) is 30.6 Å². The molecule has 2 aromatic rings. The third kappa shape index (κ3) is 1.92. The maximum absolute atomic E-state index is 10.6. The molecule has 16 heavy (non-hydrogen) atoms. The zero-order chi connectivity index (χ0) is 11.5. The molecule has 0 saturated heterocycles. The number of nitrogens with zero attached hydrogens (tertiary/aromatic N) is 4. The Labute approximate surface area is 90.1 Å². The number of nitro benzene ring substituents is 1. The van der Waals surface area contributed by atoms with Crippen LogP contribution in [0.3, 0.4) is 0 Å². The molecule has 0 saturated carbocycles. The van der Waals surface area contributed by atoms with E-state index in [1.807, 2.05) is 0 Å². The van der Waals surface area contributed by atoms with Gasteiger partial charge < -0.3 is 5.73 Å². The molecule has 0 atom stereocenters. The maximum atomic E-state index is 10.6. The topological polar surface area (TPSA) is 108 Å². The quantitative estimate of drug-likeness (QED) is 0.594. The highest BCUT2D eigenvalue weighted by atomic mass is 16.6. The Morgan fingerprint density at radius 3 is 2.81 bits per heavy atom. The lowest BCUT2D eigenvalue weighted by molar-refractivity contribution is -0.384. The van der Waals surface area contributed by atoms with Crippen LogP contribution in [0.2, 0.25) is 0 Å². The third-order valence-electron chi connectivity index (χ3n) is 1.91. The standard InChI is InChI=1S/C9H7N5O2/c10-9-12-5-11-8(13-9)6-2-1-3-7(4-6)14(15)16/h1-5H,(H2,10,11,12,13). The second kappa shape index (κ2) is 3.89. The van der Waals surface area contributed by atoms with Gasteiger partial charge in [-0.15, -0.1) is 0 Å². The van der Waals surface area contributed by atoms with Crippen molar-refractivity contribution in [2.24, 2.45) is 0 Å². The summed E-state index contributed by atoms with van der Waals surface area (Å²) < 4.78 is 0. The minimum absolute atomic E-state index is 0.0171. The number of anilines is 1. The Balaban J connectivity index is 2.48. The van der Waals surface area contributed by atoms with Crippen molar-refractivity contribution in [2.75, 3.05) is 5.73 Å². The van der Waals surface area contributed by atoms with Crippen LogP contribution >= 0.6 is 0 Å². The van der Waals surface area contributed by atoms with Gasteiger partial charge in [0.05, 0.1) is 4.92 Å². The number of hydrogen-bond donors (Lipinski definition) is 1. The molecule has 0 bridgehead atoms. The lowest BCUT2D eigenvalue weighted by atomic mass is 10.2. The molecule has 0 fully saturated rings. The first-order chi connectivity index (χ1) is 7.66. The van der Waals surface area contributed by atoms with Gasteiger partial charge in [0.2, 0.25) is 5.95 Å². The molecule has 2 N–H and O–H groups in total. The van der Waals surface area contributed by atoms with Gasteiger partial charge in [0.25, 0.3) is 5.69 Å². The smallest absolute Gasteiger partial charge is 0.270 e. The number of rotatable bonds is 2. The van der Waals surface area contributed by atoms with Crippen LogP contribution in [-0.4, -0.2) is 19.9 Å². The summed E-state index contributed by atoms with van der Waals surface area (Å²) in [4.78, 5) is 21.5. The summed E-state index contributed by atoms with van der Waals surface area (Å²) in [5, 5.41) is 10.6. The molecular formula is C9H7N5O2. The molecule has 80 valence electrons. The minimum Gasteiger partial charge on any atom is -0.368 e. The van der Waals surface area contributed by atoms with Crippen LogP contribution < -0.4 is 5.73 Å². The number of nitrogens with two attached hydrogens (primary N) is 1. The van der Waals surface area contributed by atoms with Gasteiger partial charge in [-0.05, 0) is 0 Å². The summed E-state index contributed by atoms with van der Waals surface area (Å²) in [5.41, 5.74) is 5.91. The molecule has 0 spiro atoms. The van der Waals surface area contributed by atoms with Crippen molar-refractivity contribution in [1.82, 2.24) is 15.0 Å². The number of benzene rings is 1. The van der Waals surface area contributed by atoms with E-state index in [0.717, 1.165) is 0 Å². The van der Waals surface area contributed by atoms with Crippen LogP contribution in [0, 0.1) is 10.1 Å². The number of aromatic nitrogens is 3. The lowest BCUT2D eigenvalue weighted by Gasteiger charge is -1.99. The fourth-order valence-electron chi connectivity index (χ4n) is 1.21. The SMILES string of the molecule is Nc1ncnc(-c2cccc([N+](=O)[O-])c2)n1. The van der Waals surface area contributed by atoms with Gasteiger partial charge in [-0.25, -0.2) is 9.97 Å². The van der Waals surface area contributed by atoms with Gasteiger partial charge in [0, 0.05) is 17.7 Å². The van der Waals surface area contributed by atoms with Gasteiger partial charge in [0.1, 0.15) is 6.33 Å². The minimum atomic E-state index is -0.478. The average molecular weight is 217 g/mol. The van der Waals surface area contributed by atoms with E-state index < -0.39 is 4.92 Å². The Morgan fingerprint density at radius 2 is 2.12 bits per heavy atom. The van der Waals surface area contributed by atoms with Crippen LogP contribution in [0.25, 0.3) is 11.4 Å². The molecule has 0 aliphatic rings. The molecule has 7 nitrogen and oxygen atoms in total. The van der Waals surface area contributed by atoms with Crippen molar-refractivity contribution in [3.63, 3.8) is 0 Å². The summed E-state index contributed by atoms with van der Waals surface area (Å²) in [7, 11) is 0. The Morgan fingerprint density at radius 1 is 1.31 bits per heavy atom.